The zero-order valence-electron chi connectivity index (χ0n) is 14.6. The van der Waals surface area contributed by atoms with Gasteiger partial charge in [-0.05, 0) is 35.9 Å². The summed E-state index contributed by atoms with van der Waals surface area (Å²) in [5.74, 6) is -1.48. The van der Waals surface area contributed by atoms with Gasteiger partial charge in [-0.2, -0.15) is 13.2 Å². The Kier molecular flexibility index (Phi) is 5.10. The average molecular weight is 392 g/mol. The van der Waals surface area contributed by atoms with E-state index in [1.165, 1.54) is 7.11 Å². The van der Waals surface area contributed by atoms with Gasteiger partial charge in [0.2, 0.25) is 0 Å². The number of benzene rings is 2. The number of anilines is 1. The van der Waals surface area contributed by atoms with Crippen LogP contribution in [0.15, 0.2) is 47.3 Å². The number of H-pyrrole nitrogens is 1. The van der Waals surface area contributed by atoms with E-state index < -0.39 is 34.5 Å². The van der Waals surface area contributed by atoms with Crippen LogP contribution in [0, 0.1) is 0 Å². The van der Waals surface area contributed by atoms with E-state index in [0.29, 0.717) is 11.1 Å². The molecule has 6 nitrogen and oxygen atoms in total. The van der Waals surface area contributed by atoms with Crippen molar-refractivity contribution < 1.29 is 27.8 Å². The minimum atomic E-state index is -4.51. The van der Waals surface area contributed by atoms with Gasteiger partial charge in [-0.3, -0.25) is 9.59 Å². The first-order chi connectivity index (χ1) is 13.2. The quantitative estimate of drug-likeness (QED) is 0.632. The second kappa shape index (κ2) is 7.35. The third-order valence-electron chi connectivity index (χ3n) is 4.10. The van der Waals surface area contributed by atoms with Crippen LogP contribution in [0.3, 0.4) is 0 Å². The topological polar surface area (TPSA) is 91.4 Å². The van der Waals surface area contributed by atoms with Gasteiger partial charge in [0.1, 0.15) is 11.3 Å². The Morgan fingerprint density at radius 2 is 1.86 bits per heavy atom. The molecular weight excluding hydrogens is 377 g/mol. The molecule has 0 unspecified atom stereocenters. The molecule has 0 aliphatic rings. The van der Waals surface area contributed by atoms with Gasteiger partial charge in [0.05, 0.1) is 17.7 Å². The summed E-state index contributed by atoms with van der Waals surface area (Å²) in [5.41, 5.74) is -1.33. The molecule has 0 bridgehead atoms. The molecule has 3 rings (SSSR count). The number of aromatic hydroxyl groups is 1. The number of aromatic amines is 1. The second-order valence-corrected chi connectivity index (χ2v) is 5.98. The number of alkyl halides is 3. The van der Waals surface area contributed by atoms with Crippen molar-refractivity contribution in [1.82, 2.24) is 4.98 Å². The Morgan fingerprint density at radius 3 is 2.46 bits per heavy atom. The Morgan fingerprint density at radius 1 is 1.18 bits per heavy atom. The van der Waals surface area contributed by atoms with Crippen molar-refractivity contribution in [2.24, 2.45) is 0 Å². The van der Waals surface area contributed by atoms with E-state index in [1.807, 2.05) is 0 Å². The number of rotatable bonds is 4. The van der Waals surface area contributed by atoms with Crippen LogP contribution in [0.4, 0.5) is 18.9 Å². The molecule has 0 aliphatic carbocycles. The fourth-order valence-corrected chi connectivity index (χ4v) is 2.82. The summed E-state index contributed by atoms with van der Waals surface area (Å²) >= 11 is 0. The van der Waals surface area contributed by atoms with Gasteiger partial charge >= 0.3 is 6.18 Å². The van der Waals surface area contributed by atoms with E-state index in [9.17, 15) is 27.9 Å². The van der Waals surface area contributed by atoms with Gasteiger partial charge in [0.25, 0.3) is 11.5 Å². The first-order valence-electron chi connectivity index (χ1n) is 8.06. The van der Waals surface area contributed by atoms with Crippen LogP contribution >= 0.6 is 0 Å². The van der Waals surface area contributed by atoms with Crippen molar-refractivity contribution in [2.75, 3.05) is 12.4 Å². The van der Waals surface area contributed by atoms with Gasteiger partial charge < -0.3 is 20.1 Å². The number of fused-ring (bicyclic) bond motifs is 1. The van der Waals surface area contributed by atoms with Crippen molar-refractivity contribution in [3.8, 4) is 5.75 Å². The molecule has 0 radical (unpaired) electrons. The van der Waals surface area contributed by atoms with Gasteiger partial charge in [0, 0.05) is 18.2 Å². The average Bonchev–Trinajstić information content (AvgIpc) is 2.61. The van der Waals surface area contributed by atoms with Crippen molar-refractivity contribution in [1.29, 1.82) is 0 Å². The second-order valence-electron chi connectivity index (χ2n) is 5.98. The van der Waals surface area contributed by atoms with Gasteiger partial charge in [-0.1, -0.05) is 12.1 Å². The molecule has 9 heteroatoms. The van der Waals surface area contributed by atoms with E-state index in [-0.39, 0.29) is 17.7 Å². The monoisotopic (exact) mass is 392 g/mol. The molecular formula is C19H15F3N2O4. The molecule has 0 spiro atoms. The number of amides is 1. The molecule has 3 aromatic rings. The highest BCUT2D eigenvalue weighted by atomic mass is 19.4. The maximum absolute atomic E-state index is 12.6. The fraction of sp³-hybridized carbons (Fsp3) is 0.158. The zero-order chi connectivity index (χ0) is 20.5. The lowest BCUT2D eigenvalue weighted by Gasteiger charge is -2.12. The minimum absolute atomic E-state index is 0.0436. The zero-order valence-corrected chi connectivity index (χ0v) is 14.6. The summed E-state index contributed by atoms with van der Waals surface area (Å²) in [6, 6.07) is 8.61. The van der Waals surface area contributed by atoms with Crippen LogP contribution in [0.5, 0.6) is 5.75 Å². The summed E-state index contributed by atoms with van der Waals surface area (Å²) in [6.45, 7) is 0.136. The molecule has 0 fully saturated rings. The maximum Gasteiger partial charge on any atom is 0.416 e. The first-order valence-corrected chi connectivity index (χ1v) is 8.06. The number of methoxy groups -OCH3 is 1. The highest BCUT2D eigenvalue weighted by Gasteiger charge is 2.30. The van der Waals surface area contributed by atoms with E-state index in [2.05, 4.69) is 10.3 Å². The van der Waals surface area contributed by atoms with Gasteiger partial charge in [-0.15, -0.1) is 0 Å². The number of nitrogens with one attached hydrogen (secondary N) is 2. The predicted molar refractivity (Wildman–Crippen MR) is 96.3 cm³/mol. The number of hydrogen-bond donors (Lipinski definition) is 3. The summed E-state index contributed by atoms with van der Waals surface area (Å²) in [4.78, 5) is 27.3. The predicted octanol–water partition coefficient (Wildman–Crippen LogP) is 3.65. The van der Waals surface area contributed by atoms with Crippen molar-refractivity contribution in [3.05, 3.63) is 69.5 Å². The number of carbonyl (C=O) groups excluding carboxylic acids is 1. The molecule has 0 aliphatic heterocycles. The molecule has 0 saturated carbocycles. The van der Waals surface area contributed by atoms with E-state index in [4.69, 9.17) is 4.74 Å². The van der Waals surface area contributed by atoms with Crippen LogP contribution in [0.2, 0.25) is 0 Å². The number of carbonyl (C=O) groups is 1. The number of aromatic nitrogens is 1. The molecule has 1 heterocycles. The SMILES string of the molecule is COCc1cccc2[nH]c(=O)c(C(=O)Nc3ccc(C(F)(F)F)cc3)c(O)c12. The van der Waals surface area contributed by atoms with Crippen LogP contribution in [-0.4, -0.2) is 23.1 Å². The number of hydrogen-bond acceptors (Lipinski definition) is 4. The van der Waals surface area contributed by atoms with Crippen LogP contribution in [0.1, 0.15) is 21.5 Å². The lowest BCUT2D eigenvalue weighted by molar-refractivity contribution is -0.137. The summed E-state index contributed by atoms with van der Waals surface area (Å²) in [5, 5.41) is 13.1. The van der Waals surface area contributed by atoms with Crippen LogP contribution < -0.4 is 10.9 Å². The highest BCUT2D eigenvalue weighted by molar-refractivity contribution is 6.09. The first kappa shape index (κ1) is 19.4. The molecule has 146 valence electrons. The Bertz CT molecular complexity index is 1090. The molecule has 1 amide bonds. The fourth-order valence-electron chi connectivity index (χ4n) is 2.82. The van der Waals surface area contributed by atoms with Crippen molar-refractivity contribution in [3.63, 3.8) is 0 Å². The number of ether oxygens (including phenoxy) is 1. The summed E-state index contributed by atoms with van der Waals surface area (Å²) < 4.78 is 42.9. The van der Waals surface area contributed by atoms with Gasteiger partial charge in [0.15, 0.2) is 0 Å². The van der Waals surface area contributed by atoms with E-state index in [1.54, 1.807) is 18.2 Å². The van der Waals surface area contributed by atoms with E-state index >= 15 is 0 Å². The summed E-state index contributed by atoms with van der Waals surface area (Å²) in [6.07, 6.45) is -4.51. The molecule has 1 aromatic heterocycles. The number of halogens is 3. The van der Waals surface area contributed by atoms with E-state index in [0.717, 1.165) is 24.3 Å². The number of pyridine rings is 1. The Labute approximate surface area is 156 Å². The lowest BCUT2D eigenvalue weighted by Crippen LogP contribution is -2.23. The van der Waals surface area contributed by atoms with Crippen LogP contribution in [-0.2, 0) is 17.5 Å². The minimum Gasteiger partial charge on any atom is -0.506 e. The molecule has 28 heavy (non-hydrogen) atoms. The smallest absolute Gasteiger partial charge is 0.416 e. The molecule has 3 N–H and O–H groups in total. The van der Waals surface area contributed by atoms with Crippen molar-refractivity contribution >= 4 is 22.5 Å². The maximum atomic E-state index is 12.6. The largest absolute Gasteiger partial charge is 0.506 e. The Hall–Kier alpha value is -3.33. The Balaban J connectivity index is 2.00. The van der Waals surface area contributed by atoms with Gasteiger partial charge in [-0.25, -0.2) is 0 Å². The normalized spacial score (nSPS) is 11.6. The van der Waals surface area contributed by atoms with Crippen LogP contribution in [0.25, 0.3) is 10.9 Å². The van der Waals surface area contributed by atoms with Crippen molar-refractivity contribution in [2.45, 2.75) is 12.8 Å². The standard InChI is InChI=1S/C19H15F3N2O4/c1-28-9-10-3-2-4-13-14(10)16(25)15(18(27)24-13)17(26)23-12-7-5-11(6-8-12)19(20,21)22/h2-8H,9H2,1H3,(H,23,26)(H2,24,25,27). The highest BCUT2D eigenvalue weighted by Crippen LogP contribution is 2.31. The molecule has 0 saturated heterocycles. The molecule has 2 aromatic carbocycles. The lowest BCUT2D eigenvalue weighted by atomic mass is 10.0. The molecule has 0 atom stereocenters. The third kappa shape index (κ3) is 3.70. The summed E-state index contributed by atoms with van der Waals surface area (Å²) in [7, 11) is 1.46. The third-order valence-corrected chi connectivity index (χ3v) is 4.10.